The number of rotatable bonds is 3. The van der Waals surface area contributed by atoms with Gasteiger partial charge in [0.15, 0.2) is 0 Å². The fraction of sp³-hybridized carbons (Fsp3) is 0.318. The second-order valence-electron chi connectivity index (χ2n) is 7.66. The number of amides is 2. The number of anilines is 1. The predicted octanol–water partition coefficient (Wildman–Crippen LogP) is 3.88. The molecule has 1 aromatic carbocycles. The van der Waals surface area contributed by atoms with Crippen LogP contribution in [0.4, 0.5) is 5.69 Å². The van der Waals surface area contributed by atoms with Crippen molar-refractivity contribution in [1.82, 2.24) is 4.90 Å². The molecule has 1 saturated heterocycles. The number of piperidine rings is 1. The minimum Gasteiger partial charge on any atom is -0.366 e. The highest BCUT2D eigenvalue weighted by Crippen LogP contribution is 2.38. The maximum atomic E-state index is 13.4. The number of likely N-dealkylation sites (tertiary alicyclic amines) is 1. The van der Waals surface area contributed by atoms with E-state index < -0.39 is 0 Å². The number of nitriles is 1. The number of thiophene rings is 1. The van der Waals surface area contributed by atoms with Gasteiger partial charge < -0.3 is 4.90 Å². The highest BCUT2D eigenvalue weighted by Gasteiger charge is 2.44. The summed E-state index contributed by atoms with van der Waals surface area (Å²) in [6.45, 7) is 5.92. The Labute approximate surface area is 168 Å². The number of benzene rings is 1. The van der Waals surface area contributed by atoms with Gasteiger partial charge in [-0.25, -0.2) is 4.90 Å². The second kappa shape index (κ2) is 7.25. The summed E-state index contributed by atoms with van der Waals surface area (Å²) in [5.74, 6) is 0.359. The van der Waals surface area contributed by atoms with Gasteiger partial charge in [-0.05, 0) is 54.0 Å². The molecule has 0 N–H and O–H groups in total. The van der Waals surface area contributed by atoms with Crippen LogP contribution in [0.2, 0.25) is 0 Å². The van der Waals surface area contributed by atoms with E-state index in [1.54, 1.807) is 24.3 Å². The summed E-state index contributed by atoms with van der Waals surface area (Å²) in [7, 11) is 0. The van der Waals surface area contributed by atoms with Crippen molar-refractivity contribution in [2.75, 3.05) is 18.0 Å². The maximum absolute atomic E-state index is 13.4. The summed E-state index contributed by atoms with van der Waals surface area (Å²) in [6, 6.07) is 12.4. The molecule has 2 aliphatic heterocycles. The third-order valence-corrected chi connectivity index (χ3v) is 6.15. The van der Waals surface area contributed by atoms with Gasteiger partial charge in [-0.15, -0.1) is 11.3 Å². The average molecular weight is 391 g/mol. The Bertz CT molecular complexity index is 976. The summed E-state index contributed by atoms with van der Waals surface area (Å²) in [6.07, 6.45) is 1.12. The largest absolute Gasteiger partial charge is 0.366 e. The Morgan fingerprint density at radius 3 is 2.29 bits per heavy atom. The average Bonchev–Trinajstić information content (AvgIpc) is 3.27. The molecule has 28 heavy (non-hydrogen) atoms. The van der Waals surface area contributed by atoms with Crippen LogP contribution in [0.3, 0.4) is 0 Å². The van der Waals surface area contributed by atoms with Gasteiger partial charge in [-0.1, -0.05) is 19.9 Å². The maximum Gasteiger partial charge on any atom is 0.282 e. The molecule has 2 aromatic rings. The molecule has 0 spiro atoms. The fourth-order valence-electron chi connectivity index (χ4n) is 4.22. The van der Waals surface area contributed by atoms with Crippen molar-refractivity contribution < 1.29 is 9.59 Å². The number of carbonyl (C=O) groups excluding carboxylic acids is 2. The molecule has 5 nitrogen and oxygen atoms in total. The van der Waals surface area contributed by atoms with Gasteiger partial charge in [-0.3, -0.25) is 9.59 Å². The molecule has 0 aliphatic carbocycles. The minimum absolute atomic E-state index is 0.278. The molecular weight excluding hydrogens is 370 g/mol. The quantitative estimate of drug-likeness (QED) is 0.745. The molecular formula is C22H21N3O2S. The molecule has 2 amide bonds. The SMILES string of the molecule is CC1CC(C)CN(C2=C(c3cccs3)C(=O)N(c3ccc(C#N)cc3)C2=O)C1. The van der Waals surface area contributed by atoms with E-state index in [1.807, 2.05) is 17.5 Å². The van der Waals surface area contributed by atoms with Crippen LogP contribution >= 0.6 is 11.3 Å². The molecule has 3 heterocycles. The molecule has 0 bridgehead atoms. The van der Waals surface area contributed by atoms with E-state index in [0.29, 0.717) is 34.4 Å². The van der Waals surface area contributed by atoms with Crippen LogP contribution in [0.5, 0.6) is 0 Å². The van der Waals surface area contributed by atoms with Gasteiger partial charge >= 0.3 is 0 Å². The van der Waals surface area contributed by atoms with E-state index in [4.69, 9.17) is 5.26 Å². The minimum atomic E-state index is -0.293. The van der Waals surface area contributed by atoms with Crippen LogP contribution in [-0.4, -0.2) is 29.8 Å². The monoisotopic (exact) mass is 391 g/mol. The van der Waals surface area contributed by atoms with Crippen molar-refractivity contribution in [3.63, 3.8) is 0 Å². The summed E-state index contributed by atoms with van der Waals surface area (Å²) in [4.78, 5) is 30.9. The lowest BCUT2D eigenvalue weighted by Crippen LogP contribution is -2.42. The Kier molecular flexibility index (Phi) is 4.78. The zero-order valence-corrected chi connectivity index (χ0v) is 16.7. The highest BCUT2D eigenvalue weighted by atomic mass is 32.1. The van der Waals surface area contributed by atoms with E-state index in [0.717, 1.165) is 24.4 Å². The number of hydrogen-bond donors (Lipinski definition) is 0. The Morgan fingerprint density at radius 2 is 1.71 bits per heavy atom. The van der Waals surface area contributed by atoms with Crippen molar-refractivity contribution in [1.29, 1.82) is 5.26 Å². The van der Waals surface area contributed by atoms with Crippen LogP contribution in [0.1, 0.15) is 30.7 Å². The number of imide groups is 1. The molecule has 0 radical (unpaired) electrons. The molecule has 4 rings (SSSR count). The lowest BCUT2D eigenvalue weighted by molar-refractivity contribution is -0.120. The van der Waals surface area contributed by atoms with Gasteiger partial charge in [0.25, 0.3) is 11.8 Å². The zero-order valence-electron chi connectivity index (χ0n) is 15.9. The first-order valence-electron chi connectivity index (χ1n) is 9.41. The number of nitrogens with zero attached hydrogens (tertiary/aromatic N) is 3. The van der Waals surface area contributed by atoms with Crippen molar-refractivity contribution in [2.45, 2.75) is 20.3 Å². The van der Waals surface area contributed by atoms with Gasteiger partial charge in [-0.2, -0.15) is 5.26 Å². The van der Waals surface area contributed by atoms with Gasteiger partial charge in [0.05, 0.1) is 22.9 Å². The summed E-state index contributed by atoms with van der Waals surface area (Å²) >= 11 is 1.47. The van der Waals surface area contributed by atoms with Crippen LogP contribution < -0.4 is 4.90 Å². The van der Waals surface area contributed by atoms with Crippen LogP contribution in [0.15, 0.2) is 47.5 Å². The summed E-state index contributed by atoms with van der Waals surface area (Å²) in [5.41, 5.74) is 1.99. The summed E-state index contributed by atoms with van der Waals surface area (Å²) in [5, 5.41) is 10.9. The van der Waals surface area contributed by atoms with Crippen LogP contribution in [-0.2, 0) is 9.59 Å². The van der Waals surface area contributed by atoms with Gasteiger partial charge in [0, 0.05) is 18.0 Å². The van der Waals surface area contributed by atoms with E-state index in [9.17, 15) is 9.59 Å². The van der Waals surface area contributed by atoms with E-state index >= 15 is 0 Å². The Balaban J connectivity index is 1.79. The topological polar surface area (TPSA) is 64.4 Å². The number of carbonyl (C=O) groups is 2. The molecule has 1 aromatic heterocycles. The number of hydrogen-bond acceptors (Lipinski definition) is 5. The molecule has 6 heteroatoms. The van der Waals surface area contributed by atoms with Crippen molar-refractivity contribution in [3.8, 4) is 6.07 Å². The molecule has 142 valence electrons. The lowest BCUT2D eigenvalue weighted by atomic mass is 9.91. The molecule has 1 fully saturated rings. The van der Waals surface area contributed by atoms with E-state index in [-0.39, 0.29) is 11.8 Å². The zero-order chi connectivity index (χ0) is 19.8. The van der Waals surface area contributed by atoms with Gasteiger partial charge in [0.1, 0.15) is 5.70 Å². The normalized spacial score (nSPS) is 22.8. The predicted molar refractivity (Wildman–Crippen MR) is 109 cm³/mol. The second-order valence-corrected chi connectivity index (χ2v) is 8.60. The van der Waals surface area contributed by atoms with Gasteiger partial charge in [0.2, 0.25) is 0 Å². The Morgan fingerprint density at radius 1 is 1.04 bits per heavy atom. The van der Waals surface area contributed by atoms with Crippen molar-refractivity contribution in [3.05, 3.63) is 57.9 Å². The third-order valence-electron chi connectivity index (χ3n) is 5.27. The molecule has 2 unspecified atom stereocenters. The fourth-order valence-corrected chi connectivity index (χ4v) is 4.98. The molecule has 0 saturated carbocycles. The summed E-state index contributed by atoms with van der Waals surface area (Å²) < 4.78 is 0. The van der Waals surface area contributed by atoms with Crippen molar-refractivity contribution in [2.24, 2.45) is 11.8 Å². The van der Waals surface area contributed by atoms with E-state index in [1.165, 1.54) is 16.2 Å². The first-order valence-corrected chi connectivity index (χ1v) is 10.3. The highest BCUT2D eigenvalue weighted by molar-refractivity contribution is 7.11. The molecule has 2 atom stereocenters. The smallest absolute Gasteiger partial charge is 0.282 e. The first kappa shape index (κ1) is 18.5. The molecule has 2 aliphatic rings. The van der Waals surface area contributed by atoms with E-state index in [2.05, 4.69) is 24.8 Å². The standard InChI is InChI=1S/C22H21N3O2S/c1-14-10-15(2)13-24(12-14)20-19(18-4-3-9-28-18)21(26)25(22(20)27)17-7-5-16(11-23)6-8-17/h3-9,14-15H,10,12-13H2,1-2H3. The Hall–Kier alpha value is -2.91. The van der Waals surface area contributed by atoms with Crippen molar-refractivity contribution >= 4 is 34.4 Å². The van der Waals surface area contributed by atoms with Crippen LogP contribution in [0, 0.1) is 23.2 Å². The lowest BCUT2D eigenvalue weighted by Gasteiger charge is -2.37. The first-order chi connectivity index (χ1) is 13.5. The third kappa shape index (κ3) is 3.12. The van der Waals surface area contributed by atoms with Crippen LogP contribution in [0.25, 0.3) is 5.57 Å².